The molecule has 0 saturated heterocycles. The summed E-state index contributed by atoms with van der Waals surface area (Å²) < 4.78 is 2.27. The molecular weight excluding hydrogens is 484 g/mol. The topological polar surface area (TPSA) is 17.8 Å². The molecule has 0 aliphatic heterocycles. The molecule has 0 bridgehead atoms. The van der Waals surface area contributed by atoms with Gasteiger partial charge in [-0.15, -0.1) is 24.3 Å². The molecule has 121 valence electrons. The molecule has 3 aromatic carbocycles. The molecule has 1 aliphatic rings. The minimum atomic E-state index is 0. The average Bonchev–Trinajstić information content (AvgIpc) is 3.11. The summed E-state index contributed by atoms with van der Waals surface area (Å²) in [6.07, 6.45) is 0. The smallest absolute Gasteiger partial charge is 0.0609 e. The molecule has 0 unspecified atom stereocenters. The summed E-state index contributed by atoms with van der Waals surface area (Å²) >= 11 is 0. The second-order valence-corrected chi connectivity index (χ2v) is 6.42. The van der Waals surface area contributed by atoms with E-state index in [0.29, 0.717) is 0 Å². The van der Waals surface area contributed by atoms with Gasteiger partial charge in [0.2, 0.25) is 0 Å². The minimum absolute atomic E-state index is 0. The van der Waals surface area contributed by atoms with Gasteiger partial charge in [0.05, 0.1) is 5.52 Å². The molecule has 0 saturated carbocycles. The van der Waals surface area contributed by atoms with Crippen LogP contribution in [-0.2, 0) is 27.2 Å². The summed E-state index contributed by atoms with van der Waals surface area (Å²) in [7, 11) is 2.13. The maximum atomic E-state index is 5.02. The van der Waals surface area contributed by atoms with Crippen LogP contribution >= 0.6 is 0 Å². The molecule has 1 aliphatic carbocycles. The van der Waals surface area contributed by atoms with Gasteiger partial charge >= 0.3 is 0 Å². The van der Waals surface area contributed by atoms with E-state index in [4.69, 9.17) is 4.98 Å². The summed E-state index contributed by atoms with van der Waals surface area (Å²) in [5.74, 6) is 0. The second kappa shape index (κ2) is 5.01. The van der Waals surface area contributed by atoms with E-state index in [1.807, 2.05) is 12.1 Å². The molecule has 0 fully saturated rings. The van der Waals surface area contributed by atoms with Gasteiger partial charge in [-0.3, -0.25) is 4.98 Å². The molecule has 25 heavy (non-hydrogen) atoms. The average molecular weight is 498 g/mol. The van der Waals surface area contributed by atoms with E-state index < -0.39 is 0 Å². The third-order valence-corrected chi connectivity index (χ3v) is 5.24. The number of nitrogens with zero attached hydrogens (tertiary/aromatic N) is 2. The van der Waals surface area contributed by atoms with E-state index in [2.05, 4.69) is 66.2 Å². The van der Waals surface area contributed by atoms with Gasteiger partial charge in [-0.05, 0) is 28.3 Å². The number of hydrogen-bond acceptors (Lipinski definition) is 1. The summed E-state index contributed by atoms with van der Waals surface area (Å²) in [6.45, 7) is 0. The molecule has 0 N–H and O–H groups in total. The quantitative estimate of drug-likeness (QED) is 0.260. The maximum absolute atomic E-state index is 5.02. The fourth-order valence-corrected chi connectivity index (χ4v) is 4.25. The van der Waals surface area contributed by atoms with Crippen molar-refractivity contribution in [2.24, 2.45) is 7.05 Å². The molecule has 6 rings (SSSR count). The molecule has 0 atom stereocenters. The number of benzene rings is 3. The molecule has 2 nitrogen and oxygen atoms in total. The van der Waals surface area contributed by atoms with Crippen LogP contribution in [-0.4, -0.2) is 9.55 Å². The number of pyridine rings is 1. The Morgan fingerprint density at radius 2 is 1.68 bits per heavy atom. The van der Waals surface area contributed by atoms with Gasteiger partial charge in [0.25, 0.3) is 0 Å². The number of rotatable bonds is 0. The van der Waals surface area contributed by atoms with E-state index in [1.165, 1.54) is 38.7 Å². The first-order valence-corrected chi connectivity index (χ1v) is 8.16. The third-order valence-electron chi connectivity index (χ3n) is 5.24. The van der Waals surface area contributed by atoms with Gasteiger partial charge in [-0.2, -0.15) is 0 Å². The Morgan fingerprint density at radius 1 is 0.880 bits per heavy atom. The van der Waals surface area contributed by atoms with E-state index in [-0.39, 0.29) is 20.1 Å². The summed E-state index contributed by atoms with van der Waals surface area (Å²) in [6, 6.07) is 24.7. The van der Waals surface area contributed by atoms with Crippen LogP contribution in [0.3, 0.4) is 0 Å². The van der Waals surface area contributed by atoms with Gasteiger partial charge in [-0.25, -0.2) is 0 Å². The predicted molar refractivity (Wildman–Crippen MR) is 99.0 cm³/mol. The first-order valence-electron chi connectivity index (χ1n) is 8.16. The number of hydrogen-bond donors (Lipinski definition) is 0. The zero-order valence-electron chi connectivity index (χ0n) is 13.5. The van der Waals surface area contributed by atoms with E-state index >= 15 is 0 Å². The summed E-state index contributed by atoms with van der Waals surface area (Å²) in [5.41, 5.74) is 9.72. The summed E-state index contributed by atoms with van der Waals surface area (Å²) in [4.78, 5) is 5.02. The second-order valence-electron chi connectivity index (χ2n) is 6.42. The number of fused-ring (bicyclic) bond motifs is 7. The molecule has 0 spiro atoms. The fourth-order valence-electron chi connectivity index (χ4n) is 4.25. The number of aryl methyl sites for hydroxylation is 1. The van der Waals surface area contributed by atoms with Crippen molar-refractivity contribution in [1.82, 2.24) is 9.55 Å². The SMILES string of the molecule is Cn1c2ccc[c-]c2c2nc3cccc4c3c(c21)-c1ccccc1-4.[Ir]. The largest absolute Gasteiger partial charge is 0.390 e. The van der Waals surface area contributed by atoms with Crippen LogP contribution in [0, 0.1) is 6.07 Å². The minimum Gasteiger partial charge on any atom is -0.390 e. The van der Waals surface area contributed by atoms with Crippen LogP contribution in [0.4, 0.5) is 0 Å². The third kappa shape index (κ3) is 1.70. The van der Waals surface area contributed by atoms with Crippen LogP contribution in [0.25, 0.3) is 55.1 Å². The van der Waals surface area contributed by atoms with Gasteiger partial charge in [0.1, 0.15) is 0 Å². The Hall–Kier alpha value is -2.48. The predicted octanol–water partition coefficient (Wildman–Crippen LogP) is 5.32. The van der Waals surface area contributed by atoms with Gasteiger partial charge in [-0.1, -0.05) is 41.8 Å². The van der Waals surface area contributed by atoms with Crippen molar-refractivity contribution in [3.63, 3.8) is 0 Å². The van der Waals surface area contributed by atoms with E-state index in [0.717, 1.165) is 16.4 Å². The molecule has 1 radical (unpaired) electrons. The van der Waals surface area contributed by atoms with Crippen LogP contribution in [0.5, 0.6) is 0 Å². The normalized spacial score (nSPS) is 11.9. The zero-order valence-corrected chi connectivity index (χ0v) is 15.9. The molecule has 5 aromatic rings. The van der Waals surface area contributed by atoms with Crippen molar-refractivity contribution in [3.05, 3.63) is 66.7 Å². The molecule has 0 amide bonds. The fraction of sp³-hybridized carbons (Fsp3) is 0.0455. The van der Waals surface area contributed by atoms with Crippen molar-refractivity contribution in [2.45, 2.75) is 0 Å². The van der Waals surface area contributed by atoms with Crippen LogP contribution < -0.4 is 0 Å². The molecule has 2 aromatic heterocycles. The van der Waals surface area contributed by atoms with E-state index in [9.17, 15) is 0 Å². The number of aromatic nitrogens is 2. The van der Waals surface area contributed by atoms with Crippen LogP contribution in [0.1, 0.15) is 0 Å². The maximum Gasteiger partial charge on any atom is 0.0609 e. The Kier molecular flexibility index (Phi) is 2.97. The van der Waals surface area contributed by atoms with Crippen LogP contribution in [0.2, 0.25) is 0 Å². The zero-order chi connectivity index (χ0) is 15.8. The van der Waals surface area contributed by atoms with Crippen molar-refractivity contribution in [3.8, 4) is 22.3 Å². The summed E-state index contributed by atoms with van der Waals surface area (Å²) in [5, 5.41) is 2.38. The Bertz CT molecular complexity index is 1310. The van der Waals surface area contributed by atoms with Gasteiger partial charge in [0.15, 0.2) is 0 Å². The molecule has 2 heterocycles. The Balaban J connectivity index is 0.00000140. The van der Waals surface area contributed by atoms with Gasteiger partial charge in [0, 0.05) is 49.1 Å². The molecule has 3 heteroatoms. The standard InChI is InChI=1S/C22H13N2.Ir/c1-24-18-12-5-4-9-16(18)21-22(24)20-15-8-3-2-7-13(15)14-10-6-11-17(23-21)19(14)20;/h2-8,10-12H,1H3;/q-1;. The van der Waals surface area contributed by atoms with Crippen molar-refractivity contribution in [1.29, 1.82) is 0 Å². The van der Waals surface area contributed by atoms with Gasteiger partial charge < -0.3 is 4.57 Å². The Morgan fingerprint density at radius 3 is 2.56 bits per heavy atom. The van der Waals surface area contributed by atoms with Crippen molar-refractivity contribution < 1.29 is 20.1 Å². The monoisotopic (exact) mass is 498 g/mol. The first kappa shape index (κ1) is 14.8. The Labute approximate surface area is 158 Å². The van der Waals surface area contributed by atoms with Crippen molar-refractivity contribution >= 4 is 32.8 Å². The van der Waals surface area contributed by atoms with Crippen LogP contribution in [0.15, 0.2) is 60.7 Å². The van der Waals surface area contributed by atoms with Crippen molar-refractivity contribution in [2.75, 3.05) is 0 Å². The molecular formula is C22H13IrN2-. The van der Waals surface area contributed by atoms with E-state index in [1.54, 1.807) is 0 Å². The first-order chi connectivity index (χ1) is 11.8.